The Labute approximate surface area is 90.8 Å². The van der Waals surface area contributed by atoms with Gasteiger partial charge in [-0.05, 0) is 0 Å². The molecule has 0 saturated carbocycles. The van der Waals surface area contributed by atoms with Crippen molar-refractivity contribution < 1.29 is 8.78 Å². The molecule has 0 bridgehead atoms. The molecule has 0 heterocycles. The van der Waals surface area contributed by atoms with Gasteiger partial charge in [-0.1, -0.05) is 0 Å². The molecule has 0 aromatic heterocycles. The fourth-order valence-electron chi connectivity index (χ4n) is 1.14. The normalized spacial score (nSPS) is 12.8. The summed E-state index contributed by atoms with van der Waals surface area (Å²) in [6.45, 7) is -0.572. The van der Waals surface area contributed by atoms with Crippen molar-refractivity contribution in [2.45, 2.75) is 19.0 Å². The topological polar surface area (TPSA) is 0 Å². The van der Waals surface area contributed by atoms with Gasteiger partial charge in [0.05, 0.1) is 0 Å². The Balaban J connectivity index is 2.58. The fourth-order valence-corrected chi connectivity index (χ4v) is 1.86. The van der Waals surface area contributed by atoms with E-state index in [1.165, 1.54) is 0 Å². The molecule has 0 aliphatic rings. The van der Waals surface area contributed by atoms with Crippen molar-refractivity contribution in [3.63, 3.8) is 0 Å². The van der Waals surface area contributed by atoms with Crippen molar-refractivity contribution in [1.82, 2.24) is 0 Å². The first-order valence-electron chi connectivity index (χ1n) is 4.21. The summed E-state index contributed by atoms with van der Waals surface area (Å²) in [5.41, 5.74) is 0.998. The summed E-state index contributed by atoms with van der Waals surface area (Å²) in [5, 5.41) is 0. The van der Waals surface area contributed by atoms with Crippen LogP contribution in [0.1, 0.15) is 12.0 Å². The summed E-state index contributed by atoms with van der Waals surface area (Å²) in [7, 11) is 0. The molecule has 1 unspecified atom stereocenters. The number of halogens is 2. The molecule has 0 aliphatic heterocycles. The fraction of sp³-hybridized carbons (Fsp3) is 0.400. The van der Waals surface area contributed by atoms with Crippen molar-refractivity contribution in [2.75, 3.05) is 6.67 Å². The molecular formula is C10H11F2Sb. The van der Waals surface area contributed by atoms with Crippen LogP contribution in [0, 0.1) is 0 Å². The Kier molecular flexibility index (Phi) is 4.72. The van der Waals surface area contributed by atoms with Crippen molar-refractivity contribution in [2.24, 2.45) is 0 Å². The van der Waals surface area contributed by atoms with E-state index in [0.29, 0.717) is 6.42 Å². The van der Waals surface area contributed by atoms with E-state index in [1.54, 1.807) is 23.0 Å². The van der Waals surface area contributed by atoms with Crippen LogP contribution in [-0.4, -0.2) is 35.9 Å². The standard InChI is InChI=1S/C10H11F2.Sb/c11-7-6-10(12)8-9-4-2-1-3-5-9;/h1-4,10H,6-8H2;. The Hall–Kier alpha value is -0.102. The second-order valence-corrected chi connectivity index (χ2v) is 4.28. The number of benzene rings is 1. The van der Waals surface area contributed by atoms with Crippen LogP contribution in [0.2, 0.25) is 0 Å². The van der Waals surface area contributed by atoms with E-state index < -0.39 is 12.8 Å². The Morgan fingerprint density at radius 2 is 2.00 bits per heavy atom. The van der Waals surface area contributed by atoms with Crippen LogP contribution in [0.3, 0.4) is 0 Å². The monoisotopic (exact) mass is 290 g/mol. The molecule has 0 N–H and O–H groups in total. The molecule has 1 atom stereocenters. The maximum absolute atomic E-state index is 13.0. The van der Waals surface area contributed by atoms with Gasteiger partial charge in [-0.25, -0.2) is 0 Å². The zero-order valence-electron chi connectivity index (χ0n) is 7.21. The molecule has 0 nitrogen and oxygen atoms in total. The van der Waals surface area contributed by atoms with Crippen LogP contribution < -0.4 is 3.51 Å². The first kappa shape index (κ1) is 11.0. The van der Waals surface area contributed by atoms with Gasteiger partial charge in [0.25, 0.3) is 0 Å². The van der Waals surface area contributed by atoms with Crippen LogP contribution >= 0.6 is 0 Å². The second kappa shape index (κ2) is 5.59. The van der Waals surface area contributed by atoms with E-state index in [-0.39, 0.29) is 6.42 Å². The summed E-state index contributed by atoms with van der Waals surface area (Å²) in [5.74, 6) is 0. The van der Waals surface area contributed by atoms with Crippen molar-refractivity contribution in [1.29, 1.82) is 0 Å². The average Bonchev–Trinajstić information content (AvgIpc) is 2.09. The van der Waals surface area contributed by atoms with Crippen molar-refractivity contribution >= 4 is 26.5 Å². The molecule has 0 aliphatic carbocycles. The predicted octanol–water partition coefficient (Wildman–Crippen LogP) is 1.72. The summed E-state index contributed by atoms with van der Waals surface area (Å²) in [4.78, 5) is 0. The van der Waals surface area contributed by atoms with E-state index in [0.717, 1.165) is 9.07 Å². The van der Waals surface area contributed by atoms with Crippen LogP contribution in [0.15, 0.2) is 24.3 Å². The van der Waals surface area contributed by atoms with Gasteiger partial charge in [-0.3, -0.25) is 0 Å². The SMILES string of the molecule is FCCC(F)Cc1cccc[c]1[Sb]. The van der Waals surface area contributed by atoms with Crippen molar-refractivity contribution in [3.05, 3.63) is 29.8 Å². The molecule has 0 fully saturated rings. The van der Waals surface area contributed by atoms with Gasteiger partial charge in [0.1, 0.15) is 0 Å². The van der Waals surface area contributed by atoms with E-state index in [4.69, 9.17) is 0 Å². The average molecular weight is 291 g/mol. The van der Waals surface area contributed by atoms with Crippen LogP contribution in [0.5, 0.6) is 0 Å². The third-order valence-corrected chi connectivity index (χ3v) is 3.10. The minimum atomic E-state index is -1.04. The number of alkyl halides is 2. The molecule has 1 aromatic rings. The summed E-state index contributed by atoms with van der Waals surface area (Å²) in [6.07, 6.45) is -0.686. The molecule has 0 saturated heterocycles. The molecule has 1 rings (SSSR count). The van der Waals surface area contributed by atoms with Gasteiger partial charge in [-0.15, -0.1) is 0 Å². The Morgan fingerprint density at radius 1 is 1.31 bits per heavy atom. The zero-order chi connectivity index (χ0) is 9.68. The second-order valence-electron chi connectivity index (χ2n) is 2.91. The van der Waals surface area contributed by atoms with E-state index in [2.05, 4.69) is 0 Å². The van der Waals surface area contributed by atoms with Gasteiger partial charge < -0.3 is 0 Å². The molecule has 0 amide bonds. The molecule has 70 valence electrons. The van der Waals surface area contributed by atoms with Gasteiger partial charge in [0, 0.05) is 0 Å². The molecule has 13 heavy (non-hydrogen) atoms. The maximum atomic E-state index is 13.0. The first-order chi connectivity index (χ1) is 6.24. The van der Waals surface area contributed by atoms with Crippen LogP contribution in [0.4, 0.5) is 8.78 Å². The molecule has 1 aromatic carbocycles. The number of rotatable bonds is 4. The molecule has 0 spiro atoms. The summed E-state index contributed by atoms with van der Waals surface area (Å²) in [6, 6.07) is 7.68. The van der Waals surface area contributed by atoms with E-state index in [9.17, 15) is 8.78 Å². The predicted molar refractivity (Wildman–Crippen MR) is 51.0 cm³/mol. The van der Waals surface area contributed by atoms with Crippen LogP contribution in [-0.2, 0) is 6.42 Å². The van der Waals surface area contributed by atoms with E-state index >= 15 is 0 Å². The molecule has 2 radical (unpaired) electrons. The summed E-state index contributed by atoms with van der Waals surface area (Å²) >= 11 is 1.58. The van der Waals surface area contributed by atoms with Crippen molar-refractivity contribution in [3.8, 4) is 0 Å². The third kappa shape index (κ3) is 3.64. The van der Waals surface area contributed by atoms with Gasteiger partial charge in [-0.2, -0.15) is 0 Å². The van der Waals surface area contributed by atoms with Gasteiger partial charge >= 0.3 is 90.8 Å². The first-order valence-corrected chi connectivity index (χ1v) is 5.48. The Morgan fingerprint density at radius 3 is 2.62 bits per heavy atom. The molecular weight excluding hydrogens is 280 g/mol. The van der Waals surface area contributed by atoms with Gasteiger partial charge in [0.15, 0.2) is 0 Å². The molecule has 3 heteroatoms. The zero-order valence-corrected chi connectivity index (χ0v) is 9.76. The van der Waals surface area contributed by atoms with Crippen LogP contribution in [0.25, 0.3) is 0 Å². The Bertz CT molecular complexity index is 263. The quantitative estimate of drug-likeness (QED) is 0.741. The van der Waals surface area contributed by atoms with Gasteiger partial charge in [0.2, 0.25) is 0 Å². The number of hydrogen-bond acceptors (Lipinski definition) is 0. The van der Waals surface area contributed by atoms with E-state index in [1.807, 2.05) is 24.3 Å². The third-order valence-electron chi connectivity index (χ3n) is 1.86. The number of hydrogen-bond donors (Lipinski definition) is 0. The summed E-state index contributed by atoms with van der Waals surface area (Å²) < 4.78 is 26.0. The minimum absolute atomic E-state index is 0.0138.